The maximum Gasteiger partial charge on any atom is 0.185 e. The number of benzene rings is 2. The monoisotopic (exact) mass is 270 g/mol. The number of ketones is 1. The molecule has 0 aliphatic heterocycles. The molecule has 0 aliphatic carbocycles. The van der Waals surface area contributed by atoms with Crippen LogP contribution in [0.2, 0.25) is 5.02 Å². The predicted octanol–water partition coefficient (Wildman–Crippen LogP) is 4.85. The van der Waals surface area contributed by atoms with Crippen molar-refractivity contribution in [1.82, 2.24) is 0 Å². The summed E-state index contributed by atoms with van der Waals surface area (Å²) in [5.41, 5.74) is 4.07. The Hall–Kier alpha value is -1.86. The van der Waals surface area contributed by atoms with Crippen LogP contribution in [0.3, 0.4) is 0 Å². The van der Waals surface area contributed by atoms with Crippen molar-refractivity contribution < 1.29 is 4.79 Å². The van der Waals surface area contributed by atoms with E-state index in [2.05, 4.69) is 18.2 Å². The second-order valence-electron chi connectivity index (χ2n) is 4.63. The zero-order valence-corrected chi connectivity index (χ0v) is 11.7. The fourth-order valence-electron chi connectivity index (χ4n) is 1.99. The number of carbonyl (C=O) groups is 1. The van der Waals surface area contributed by atoms with E-state index >= 15 is 0 Å². The van der Waals surface area contributed by atoms with Gasteiger partial charge in [-0.2, -0.15) is 0 Å². The highest BCUT2D eigenvalue weighted by Crippen LogP contribution is 2.13. The highest BCUT2D eigenvalue weighted by Gasteiger charge is 2.01. The molecule has 96 valence electrons. The summed E-state index contributed by atoms with van der Waals surface area (Å²) in [4.78, 5) is 12.0. The van der Waals surface area contributed by atoms with Crippen LogP contribution >= 0.6 is 11.6 Å². The third kappa shape index (κ3) is 3.80. The Balaban J connectivity index is 2.18. The van der Waals surface area contributed by atoms with E-state index in [9.17, 15) is 4.79 Å². The molecule has 2 aromatic rings. The molecule has 0 radical (unpaired) electrons. The summed E-state index contributed by atoms with van der Waals surface area (Å²) in [6.07, 6.45) is 3.44. The molecule has 0 amide bonds. The summed E-state index contributed by atoms with van der Waals surface area (Å²) in [6, 6.07) is 13.1. The first kappa shape index (κ1) is 13.6. The number of hydrogen-bond acceptors (Lipinski definition) is 1. The summed E-state index contributed by atoms with van der Waals surface area (Å²) in [7, 11) is 0. The summed E-state index contributed by atoms with van der Waals surface area (Å²) in [5, 5.41) is 0.634. The second kappa shape index (κ2) is 5.85. The van der Waals surface area contributed by atoms with Crippen LogP contribution in [-0.4, -0.2) is 5.78 Å². The molecule has 0 unspecified atom stereocenters. The molecular weight excluding hydrogens is 256 g/mol. The van der Waals surface area contributed by atoms with Gasteiger partial charge in [-0.25, -0.2) is 0 Å². The number of rotatable bonds is 3. The van der Waals surface area contributed by atoms with Crippen LogP contribution in [0, 0.1) is 13.8 Å². The molecule has 0 fully saturated rings. The first-order valence-corrected chi connectivity index (χ1v) is 6.49. The zero-order valence-electron chi connectivity index (χ0n) is 11.0. The van der Waals surface area contributed by atoms with Gasteiger partial charge in [0.15, 0.2) is 5.78 Å². The van der Waals surface area contributed by atoms with E-state index in [1.807, 2.05) is 19.9 Å². The molecule has 2 heteroatoms. The van der Waals surface area contributed by atoms with Crippen LogP contribution in [0.4, 0.5) is 0 Å². The fraction of sp³-hybridized carbons (Fsp3) is 0.118. The third-order valence-corrected chi connectivity index (χ3v) is 3.05. The van der Waals surface area contributed by atoms with Gasteiger partial charge in [0.25, 0.3) is 0 Å². The molecule has 2 rings (SSSR count). The van der Waals surface area contributed by atoms with Crippen molar-refractivity contribution in [3.05, 3.63) is 75.8 Å². The summed E-state index contributed by atoms with van der Waals surface area (Å²) in [5.74, 6) is -0.0178. The number of aryl methyl sites for hydroxylation is 2. The van der Waals surface area contributed by atoms with Gasteiger partial charge in [-0.1, -0.05) is 47.0 Å². The van der Waals surface area contributed by atoms with Gasteiger partial charge in [0, 0.05) is 10.6 Å². The van der Waals surface area contributed by atoms with Gasteiger partial charge in [0.2, 0.25) is 0 Å². The zero-order chi connectivity index (χ0) is 13.8. The maximum absolute atomic E-state index is 12.0. The van der Waals surface area contributed by atoms with E-state index in [1.54, 1.807) is 30.3 Å². The second-order valence-corrected chi connectivity index (χ2v) is 5.06. The molecule has 0 saturated heterocycles. The Kier molecular flexibility index (Phi) is 4.18. The Morgan fingerprint density at radius 3 is 2.16 bits per heavy atom. The van der Waals surface area contributed by atoms with Crippen LogP contribution in [0.5, 0.6) is 0 Å². The number of carbonyl (C=O) groups excluding carboxylic acids is 1. The molecule has 0 aliphatic rings. The molecule has 0 aromatic heterocycles. The molecule has 0 spiro atoms. The molecule has 0 heterocycles. The average molecular weight is 271 g/mol. The van der Waals surface area contributed by atoms with E-state index in [4.69, 9.17) is 11.6 Å². The van der Waals surface area contributed by atoms with Crippen LogP contribution in [0.1, 0.15) is 27.0 Å². The Morgan fingerprint density at radius 2 is 1.58 bits per heavy atom. The van der Waals surface area contributed by atoms with Gasteiger partial charge in [0.05, 0.1) is 0 Å². The lowest BCUT2D eigenvalue weighted by molar-refractivity contribution is 0.104. The normalized spacial score (nSPS) is 10.9. The molecular formula is C17H15ClO. The van der Waals surface area contributed by atoms with Crippen molar-refractivity contribution in [1.29, 1.82) is 0 Å². The summed E-state index contributed by atoms with van der Waals surface area (Å²) < 4.78 is 0. The quantitative estimate of drug-likeness (QED) is 0.575. The highest BCUT2D eigenvalue weighted by molar-refractivity contribution is 6.30. The fourth-order valence-corrected chi connectivity index (χ4v) is 2.11. The minimum atomic E-state index is -0.0178. The van der Waals surface area contributed by atoms with E-state index < -0.39 is 0 Å². The summed E-state index contributed by atoms with van der Waals surface area (Å²) >= 11 is 5.79. The van der Waals surface area contributed by atoms with Gasteiger partial charge in [0.1, 0.15) is 0 Å². The van der Waals surface area contributed by atoms with E-state index in [-0.39, 0.29) is 5.78 Å². The number of allylic oxidation sites excluding steroid dienone is 1. The van der Waals surface area contributed by atoms with Crippen molar-refractivity contribution in [2.45, 2.75) is 13.8 Å². The molecule has 2 aromatic carbocycles. The van der Waals surface area contributed by atoms with Gasteiger partial charge in [-0.15, -0.1) is 0 Å². The van der Waals surface area contributed by atoms with Gasteiger partial charge in [-0.05, 0) is 49.8 Å². The first-order chi connectivity index (χ1) is 9.04. The lowest BCUT2D eigenvalue weighted by Crippen LogP contribution is -1.93. The van der Waals surface area contributed by atoms with E-state index in [0.717, 1.165) is 5.56 Å². The number of halogens is 1. The van der Waals surface area contributed by atoms with Crippen LogP contribution in [0.25, 0.3) is 6.08 Å². The van der Waals surface area contributed by atoms with E-state index in [1.165, 1.54) is 11.1 Å². The van der Waals surface area contributed by atoms with Crippen molar-refractivity contribution in [3.8, 4) is 0 Å². The molecule has 0 saturated carbocycles. The predicted molar refractivity (Wildman–Crippen MR) is 80.7 cm³/mol. The maximum atomic E-state index is 12.0. The third-order valence-electron chi connectivity index (χ3n) is 2.80. The van der Waals surface area contributed by atoms with Crippen molar-refractivity contribution >= 4 is 23.5 Å². The van der Waals surface area contributed by atoms with Crippen molar-refractivity contribution in [2.75, 3.05) is 0 Å². The minimum absolute atomic E-state index is 0.0178. The molecule has 0 N–H and O–H groups in total. The van der Waals surface area contributed by atoms with Crippen LogP contribution in [-0.2, 0) is 0 Å². The molecule has 0 bridgehead atoms. The SMILES string of the molecule is Cc1cc(C)cc(/C=C/C(=O)c2ccc(Cl)cc2)c1. The van der Waals surface area contributed by atoms with Crippen LogP contribution in [0.15, 0.2) is 48.5 Å². The van der Waals surface area contributed by atoms with E-state index in [0.29, 0.717) is 10.6 Å². The van der Waals surface area contributed by atoms with Gasteiger partial charge in [-0.3, -0.25) is 4.79 Å². The Bertz CT molecular complexity index is 604. The van der Waals surface area contributed by atoms with Gasteiger partial charge < -0.3 is 0 Å². The molecule has 1 nitrogen and oxygen atoms in total. The smallest absolute Gasteiger partial charge is 0.185 e. The standard InChI is InChI=1S/C17H15ClO/c1-12-9-13(2)11-14(10-12)3-8-17(19)15-4-6-16(18)7-5-15/h3-11H,1-2H3/b8-3+. The largest absolute Gasteiger partial charge is 0.289 e. The van der Waals surface area contributed by atoms with Crippen LogP contribution < -0.4 is 0 Å². The topological polar surface area (TPSA) is 17.1 Å². The van der Waals surface area contributed by atoms with Crippen molar-refractivity contribution in [3.63, 3.8) is 0 Å². The highest BCUT2D eigenvalue weighted by atomic mass is 35.5. The summed E-state index contributed by atoms with van der Waals surface area (Å²) in [6.45, 7) is 4.09. The molecule has 0 atom stereocenters. The average Bonchev–Trinajstić information content (AvgIpc) is 2.36. The lowest BCUT2D eigenvalue weighted by Gasteiger charge is -2.00. The Labute approximate surface area is 118 Å². The minimum Gasteiger partial charge on any atom is -0.289 e. The Morgan fingerprint density at radius 1 is 1.00 bits per heavy atom. The van der Waals surface area contributed by atoms with Gasteiger partial charge >= 0.3 is 0 Å². The first-order valence-electron chi connectivity index (χ1n) is 6.11. The number of hydrogen-bond donors (Lipinski definition) is 0. The lowest BCUT2D eigenvalue weighted by atomic mass is 10.1. The molecule has 19 heavy (non-hydrogen) atoms. The van der Waals surface area contributed by atoms with Crippen molar-refractivity contribution in [2.24, 2.45) is 0 Å².